The molecule has 0 aliphatic rings. The van der Waals surface area contributed by atoms with Crippen molar-refractivity contribution in [2.75, 3.05) is 10.6 Å². The molecule has 0 saturated carbocycles. The number of hydrogen-bond donors (Lipinski definition) is 4. The van der Waals surface area contributed by atoms with Crippen LogP contribution in [0.25, 0.3) is 0 Å². The zero-order valence-corrected chi connectivity index (χ0v) is 19.3. The number of furan rings is 1. The monoisotopic (exact) mass is 535 g/mol. The SMILES string of the molecule is O=C(NCc1ccc(/C=N/NC(=O)C(=O)Nc2cccc(C(F)(F)F)c2)o1)C(=O)Nc1cccc(Cl)c1. The Morgan fingerprint density at radius 3 is 2.19 bits per heavy atom. The van der Waals surface area contributed by atoms with Crippen LogP contribution >= 0.6 is 11.6 Å². The Labute approximate surface area is 211 Å². The van der Waals surface area contributed by atoms with Gasteiger partial charge in [0, 0.05) is 16.4 Å². The van der Waals surface area contributed by atoms with Crippen molar-refractivity contribution in [3.63, 3.8) is 0 Å². The average Bonchev–Trinajstić information content (AvgIpc) is 3.29. The molecule has 4 N–H and O–H groups in total. The lowest BCUT2D eigenvalue weighted by molar-refractivity contribution is -0.137. The van der Waals surface area contributed by atoms with E-state index in [-0.39, 0.29) is 23.8 Å². The van der Waals surface area contributed by atoms with Crippen LogP contribution in [0.15, 0.2) is 70.2 Å². The van der Waals surface area contributed by atoms with E-state index in [1.165, 1.54) is 24.3 Å². The summed E-state index contributed by atoms with van der Waals surface area (Å²) in [7, 11) is 0. The first kappa shape index (κ1) is 26.9. The van der Waals surface area contributed by atoms with Gasteiger partial charge in [-0.05, 0) is 48.5 Å². The van der Waals surface area contributed by atoms with E-state index in [1.807, 2.05) is 10.7 Å². The van der Waals surface area contributed by atoms with Gasteiger partial charge in [0.05, 0.1) is 18.3 Å². The highest BCUT2D eigenvalue weighted by atomic mass is 35.5. The molecule has 0 unspecified atom stereocenters. The van der Waals surface area contributed by atoms with Crippen LogP contribution in [-0.2, 0) is 31.9 Å². The largest absolute Gasteiger partial charge is 0.458 e. The van der Waals surface area contributed by atoms with Gasteiger partial charge in [-0.25, -0.2) is 5.43 Å². The fourth-order valence-corrected chi connectivity index (χ4v) is 2.92. The van der Waals surface area contributed by atoms with E-state index >= 15 is 0 Å². The van der Waals surface area contributed by atoms with Crippen molar-refractivity contribution in [2.45, 2.75) is 12.7 Å². The van der Waals surface area contributed by atoms with Gasteiger partial charge in [-0.1, -0.05) is 23.7 Å². The fraction of sp³-hybridized carbons (Fsp3) is 0.0870. The summed E-state index contributed by atoms with van der Waals surface area (Å²) in [5.41, 5.74) is 1.03. The number of carbonyl (C=O) groups excluding carboxylic acids is 4. The second kappa shape index (κ2) is 11.9. The molecule has 1 aromatic heterocycles. The highest BCUT2D eigenvalue weighted by Crippen LogP contribution is 2.30. The lowest BCUT2D eigenvalue weighted by Gasteiger charge is -2.09. The summed E-state index contributed by atoms with van der Waals surface area (Å²) in [6, 6.07) is 12.9. The first-order chi connectivity index (χ1) is 17.5. The Hall–Kier alpha value is -4.65. The molecule has 1 heterocycles. The number of halogens is 4. The first-order valence-electron chi connectivity index (χ1n) is 10.3. The lowest BCUT2D eigenvalue weighted by Crippen LogP contribution is -2.34. The molecule has 0 fully saturated rings. The molecule has 10 nitrogen and oxygen atoms in total. The van der Waals surface area contributed by atoms with Gasteiger partial charge in [-0.3, -0.25) is 19.2 Å². The average molecular weight is 536 g/mol. The van der Waals surface area contributed by atoms with E-state index in [2.05, 4.69) is 15.7 Å². The number of alkyl halides is 3. The highest BCUT2D eigenvalue weighted by molar-refractivity contribution is 6.40. The van der Waals surface area contributed by atoms with Crippen molar-refractivity contribution in [1.82, 2.24) is 10.7 Å². The standard InChI is InChI=1S/C23H17ClF3N5O5/c24-14-4-2-6-16(10-14)31-20(34)19(33)28-11-17-7-8-18(37-17)12-29-32-22(36)21(35)30-15-5-1-3-13(9-15)23(25,26)27/h1-10,12H,11H2,(H,28,33)(H,30,35)(H,31,34)(H,32,36)/b29-12+. The number of hydrazone groups is 1. The number of rotatable bonds is 6. The molecule has 192 valence electrons. The van der Waals surface area contributed by atoms with E-state index in [4.69, 9.17) is 16.0 Å². The summed E-state index contributed by atoms with van der Waals surface area (Å²) in [5, 5.41) is 10.7. The first-order valence-corrected chi connectivity index (χ1v) is 10.6. The van der Waals surface area contributed by atoms with Crippen molar-refractivity contribution in [1.29, 1.82) is 0 Å². The molecule has 3 aromatic rings. The Balaban J connectivity index is 1.45. The van der Waals surface area contributed by atoms with Gasteiger partial charge in [-0.2, -0.15) is 18.3 Å². The summed E-state index contributed by atoms with van der Waals surface area (Å²) >= 11 is 5.82. The predicted octanol–water partition coefficient (Wildman–Crippen LogP) is 3.30. The van der Waals surface area contributed by atoms with Crippen LogP contribution in [-0.4, -0.2) is 29.8 Å². The normalized spacial score (nSPS) is 11.1. The van der Waals surface area contributed by atoms with E-state index < -0.39 is 35.4 Å². The van der Waals surface area contributed by atoms with Crippen LogP contribution in [0.4, 0.5) is 24.5 Å². The van der Waals surface area contributed by atoms with Crippen LogP contribution < -0.4 is 21.4 Å². The Morgan fingerprint density at radius 2 is 1.51 bits per heavy atom. The zero-order valence-electron chi connectivity index (χ0n) is 18.6. The molecule has 2 aromatic carbocycles. The molecule has 0 atom stereocenters. The fourth-order valence-electron chi connectivity index (χ4n) is 2.73. The van der Waals surface area contributed by atoms with Crippen LogP contribution in [0.2, 0.25) is 5.02 Å². The molecule has 0 radical (unpaired) electrons. The minimum Gasteiger partial charge on any atom is -0.458 e. The highest BCUT2D eigenvalue weighted by Gasteiger charge is 2.30. The van der Waals surface area contributed by atoms with Crippen LogP contribution in [0.1, 0.15) is 17.1 Å². The van der Waals surface area contributed by atoms with Gasteiger partial charge < -0.3 is 20.4 Å². The molecular weight excluding hydrogens is 519 g/mol. The second-order valence-corrected chi connectivity index (χ2v) is 7.62. The van der Waals surface area contributed by atoms with Crippen LogP contribution in [0.5, 0.6) is 0 Å². The molecule has 0 bridgehead atoms. The van der Waals surface area contributed by atoms with Gasteiger partial charge in [-0.15, -0.1) is 0 Å². The molecule has 0 saturated heterocycles. The molecule has 3 rings (SSSR count). The maximum absolute atomic E-state index is 12.7. The lowest BCUT2D eigenvalue weighted by atomic mass is 10.2. The van der Waals surface area contributed by atoms with Crippen LogP contribution in [0, 0.1) is 0 Å². The summed E-state index contributed by atoms with van der Waals surface area (Å²) < 4.78 is 43.6. The van der Waals surface area contributed by atoms with Crippen molar-refractivity contribution in [3.8, 4) is 0 Å². The Bertz CT molecular complexity index is 1360. The topological polar surface area (TPSA) is 142 Å². The number of nitrogens with one attached hydrogen (secondary N) is 4. The Kier molecular flexibility index (Phi) is 8.64. The summed E-state index contributed by atoms with van der Waals surface area (Å²) in [6.45, 7) is -0.138. The quantitative estimate of drug-likeness (QED) is 0.218. The summed E-state index contributed by atoms with van der Waals surface area (Å²) in [6.07, 6.45) is -3.56. The zero-order chi connectivity index (χ0) is 27.0. The minimum absolute atomic E-state index is 0.131. The third kappa shape index (κ3) is 8.21. The molecule has 0 aliphatic heterocycles. The van der Waals surface area contributed by atoms with Crippen molar-refractivity contribution >= 4 is 52.8 Å². The number of carbonyl (C=O) groups is 4. The van der Waals surface area contributed by atoms with Gasteiger partial charge in [0.1, 0.15) is 11.5 Å². The number of anilines is 2. The van der Waals surface area contributed by atoms with Gasteiger partial charge in [0.25, 0.3) is 0 Å². The molecule has 4 amide bonds. The van der Waals surface area contributed by atoms with Gasteiger partial charge >= 0.3 is 29.8 Å². The third-order valence-corrected chi connectivity index (χ3v) is 4.64. The molecule has 0 spiro atoms. The summed E-state index contributed by atoms with van der Waals surface area (Å²) in [5.74, 6) is -3.94. The smallest absolute Gasteiger partial charge is 0.416 e. The number of amides is 4. The van der Waals surface area contributed by atoms with Gasteiger partial charge in [0.2, 0.25) is 0 Å². The minimum atomic E-state index is -4.61. The number of benzene rings is 2. The van der Waals surface area contributed by atoms with Crippen molar-refractivity contribution in [3.05, 3.63) is 82.8 Å². The Morgan fingerprint density at radius 1 is 0.865 bits per heavy atom. The third-order valence-electron chi connectivity index (χ3n) is 4.41. The van der Waals surface area contributed by atoms with Crippen molar-refractivity contribution < 1.29 is 36.8 Å². The maximum atomic E-state index is 12.7. The number of hydrogen-bond acceptors (Lipinski definition) is 6. The van der Waals surface area contributed by atoms with Gasteiger partial charge in [0.15, 0.2) is 0 Å². The summed E-state index contributed by atoms with van der Waals surface area (Å²) in [4.78, 5) is 47.6. The van der Waals surface area contributed by atoms with Crippen molar-refractivity contribution in [2.24, 2.45) is 5.10 Å². The predicted molar refractivity (Wildman–Crippen MR) is 126 cm³/mol. The van der Waals surface area contributed by atoms with E-state index in [0.29, 0.717) is 16.8 Å². The maximum Gasteiger partial charge on any atom is 0.416 e. The van der Waals surface area contributed by atoms with E-state index in [0.717, 1.165) is 18.3 Å². The van der Waals surface area contributed by atoms with E-state index in [9.17, 15) is 32.3 Å². The molecule has 14 heteroatoms. The molecule has 0 aliphatic carbocycles. The van der Waals surface area contributed by atoms with E-state index in [1.54, 1.807) is 18.2 Å². The van der Waals surface area contributed by atoms with Crippen LogP contribution in [0.3, 0.4) is 0 Å². The second-order valence-electron chi connectivity index (χ2n) is 7.18. The molecular formula is C23H17ClF3N5O5. The number of nitrogens with zero attached hydrogens (tertiary/aromatic N) is 1. The molecule has 37 heavy (non-hydrogen) atoms.